The van der Waals surface area contributed by atoms with Crippen molar-refractivity contribution in [2.24, 2.45) is 0 Å². The summed E-state index contributed by atoms with van der Waals surface area (Å²) in [5, 5.41) is 3.63. The van der Waals surface area contributed by atoms with E-state index in [4.69, 9.17) is 9.57 Å². The highest BCUT2D eigenvalue weighted by atomic mass is 32.1. The van der Waals surface area contributed by atoms with Crippen LogP contribution in [-0.2, 0) is 25.6 Å². The first-order valence-corrected chi connectivity index (χ1v) is 11.7. The van der Waals surface area contributed by atoms with Crippen molar-refractivity contribution in [1.82, 2.24) is 10.0 Å². The van der Waals surface area contributed by atoms with Crippen molar-refractivity contribution < 1.29 is 32.7 Å². The number of cyclic esters (lactones) is 1. The molecule has 0 saturated carbocycles. The third-order valence-electron chi connectivity index (χ3n) is 5.57. The Morgan fingerprint density at radius 2 is 1.97 bits per heavy atom. The van der Waals surface area contributed by atoms with E-state index in [1.165, 1.54) is 28.2 Å². The SMILES string of the molecule is CC(=O)CC[C@H]1CN(c2cc(F)c(N3CCON(C(=O)Cc4nccs4)CC3)c(F)c2)C(=O)O1. The number of amides is 2. The van der Waals surface area contributed by atoms with Crippen molar-refractivity contribution >= 4 is 40.5 Å². The highest BCUT2D eigenvalue weighted by Gasteiger charge is 2.34. The number of carbonyl (C=O) groups excluding carboxylic acids is 3. The number of hydrogen-bond donors (Lipinski definition) is 0. The lowest BCUT2D eigenvalue weighted by Crippen LogP contribution is -2.35. The molecule has 182 valence electrons. The van der Waals surface area contributed by atoms with Crippen LogP contribution in [0.5, 0.6) is 0 Å². The summed E-state index contributed by atoms with van der Waals surface area (Å²) in [6.07, 6.45) is 1.09. The lowest BCUT2D eigenvalue weighted by atomic mass is 10.1. The summed E-state index contributed by atoms with van der Waals surface area (Å²) < 4.78 is 35.3. The highest BCUT2D eigenvalue weighted by molar-refractivity contribution is 7.09. The number of Topliss-reactive ketones (excluding diaryl/α,β-unsaturated/α-hetero) is 1. The minimum Gasteiger partial charge on any atom is -0.444 e. The van der Waals surface area contributed by atoms with Gasteiger partial charge in [0.2, 0.25) is 0 Å². The predicted octanol–water partition coefficient (Wildman–Crippen LogP) is 2.94. The Morgan fingerprint density at radius 3 is 2.65 bits per heavy atom. The number of carbonyl (C=O) groups is 3. The van der Waals surface area contributed by atoms with Gasteiger partial charge in [-0.05, 0) is 13.3 Å². The summed E-state index contributed by atoms with van der Waals surface area (Å²) in [7, 11) is 0. The zero-order chi connectivity index (χ0) is 24.2. The molecule has 34 heavy (non-hydrogen) atoms. The lowest BCUT2D eigenvalue weighted by Gasteiger charge is -2.24. The van der Waals surface area contributed by atoms with Gasteiger partial charge >= 0.3 is 6.09 Å². The van der Waals surface area contributed by atoms with Crippen molar-refractivity contribution in [2.45, 2.75) is 32.3 Å². The minimum absolute atomic E-state index is 0.0270. The van der Waals surface area contributed by atoms with Crippen molar-refractivity contribution in [3.63, 3.8) is 0 Å². The molecule has 9 nitrogen and oxygen atoms in total. The van der Waals surface area contributed by atoms with Gasteiger partial charge in [-0.25, -0.2) is 23.6 Å². The molecule has 4 rings (SSSR count). The quantitative estimate of drug-likeness (QED) is 0.584. The molecule has 2 fully saturated rings. The molecule has 1 aromatic heterocycles. The molecule has 0 unspecified atom stereocenters. The highest BCUT2D eigenvalue weighted by Crippen LogP contribution is 2.32. The zero-order valence-electron chi connectivity index (χ0n) is 18.5. The maximum Gasteiger partial charge on any atom is 0.414 e. The van der Waals surface area contributed by atoms with Crippen LogP contribution in [0.1, 0.15) is 24.8 Å². The van der Waals surface area contributed by atoms with Crippen molar-refractivity contribution in [2.75, 3.05) is 42.6 Å². The molecular formula is C22H24F2N4O5S. The lowest BCUT2D eigenvalue weighted by molar-refractivity contribution is -0.181. The average molecular weight is 495 g/mol. The van der Waals surface area contributed by atoms with Gasteiger partial charge in [0.25, 0.3) is 5.91 Å². The summed E-state index contributed by atoms with van der Waals surface area (Å²) in [6, 6.07) is 2.17. The van der Waals surface area contributed by atoms with Crippen LogP contribution in [0.3, 0.4) is 0 Å². The van der Waals surface area contributed by atoms with Crippen LogP contribution < -0.4 is 9.80 Å². The number of aromatic nitrogens is 1. The van der Waals surface area contributed by atoms with E-state index in [1.807, 2.05) is 0 Å². The fraction of sp³-hybridized carbons (Fsp3) is 0.455. The van der Waals surface area contributed by atoms with E-state index in [-0.39, 0.29) is 68.7 Å². The van der Waals surface area contributed by atoms with E-state index < -0.39 is 23.8 Å². The molecule has 0 bridgehead atoms. The molecule has 0 spiro atoms. The Hall–Kier alpha value is -3.12. The average Bonchev–Trinajstić information content (AvgIpc) is 3.35. The number of hydrogen-bond acceptors (Lipinski definition) is 8. The van der Waals surface area contributed by atoms with Gasteiger partial charge in [0.1, 0.15) is 22.6 Å². The molecule has 0 N–H and O–H groups in total. The summed E-state index contributed by atoms with van der Waals surface area (Å²) >= 11 is 1.36. The van der Waals surface area contributed by atoms with E-state index in [2.05, 4.69) is 4.98 Å². The van der Waals surface area contributed by atoms with Gasteiger partial charge in [0, 0.05) is 43.2 Å². The van der Waals surface area contributed by atoms with Crippen molar-refractivity contribution in [3.05, 3.63) is 40.4 Å². The molecule has 0 aliphatic carbocycles. The number of benzene rings is 1. The molecule has 1 atom stereocenters. The Balaban J connectivity index is 1.42. The van der Waals surface area contributed by atoms with Crippen molar-refractivity contribution in [3.8, 4) is 0 Å². The number of ether oxygens (including phenoxy) is 1. The molecule has 3 heterocycles. The summed E-state index contributed by atoms with van der Waals surface area (Å²) in [5.74, 6) is -1.98. The second-order valence-corrected chi connectivity index (χ2v) is 9.01. The van der Waals surface area contributed by atoms with E-state index in [0.29, 0.717) is 11.4 Å². The Bertz CT molecular complexity index is 1040. The second kappa shape index (κ2) is 10.4. The molecule has 12 heteroatoms. The Morgan fingerprint density at radius 1 is 1.21 bits per heavy atom. The number of nitrogens with zero attached hydrogens (tertiary/aromatic N) is 4. The molecule has 2 aromatic rings. The molecule has 1 aromatic carbocycles. The molecular weight excluding hydrogens is 470 g/mol. The molecule has 2 saturated heterocycles. The van der Waals surface area contributed by atoms with Gasteiger partial charge in [-0.1, -0.05) is 0 Å². The first-order chi connectivity index (χ1) is 16.3. The smallest absolute Gasteiger partial charge is 0.414 e. The Labute approximate surface area is 198 Å². The minimum atomic E-state index is -0.836. The number of hydroxylamine groups is 2. The maximum absolute atomic E-state index is 15.0. The van der Waals surface area contributed by atoms with Crippen LogP contribution in [0.25, 0.3) is 0 Å². The van der Waals surface area contributed by atoms with Gasteiger partial charge in [-0.3, -0.25) is 14.5 Å². The summed E-state index contributed by atoms with van der Waals surface area (Å²) in [5.41, 5.74) is -0.206. The van der Waals surface area contributed by atoms with Crippen LogP contribution in [0.2, 0.25) is 0 Å². The summed E-state index contributed by atoms with van der Waals surface area (Å²) in [4.78, 5) is 48.1. The first-order valence-electron chi connectivity index (χ1n) is 10.8. The van der Waals surface area contributed by atoms with Gasteiger partial charge in [0.05, 0.1) is 31.8 Å². The normalized spacial score (nSPS) is 18.7. The van der Waals surface area contributed by atoms with Gasteiger partial charge in [0.15, 0.2) is 11.6 Å². The third kappa shape index (κ3) is 5.50. The van der Waals surface area contributed by atoms with Gasteiger partial charge in [-0.2, -0.15) is 0 Å². The third-order valence-corrected chi connectivity index (χ3v) is 6.35. The number of anilines is 2. The van der Waals surface area contributed by atoms with Crippen LogP contribution in [-0.4, -0.2) is 66.7 Å². The van der Waals surface area contributed by atoms with Crippen LogP contribution in [0.4, 0.5) is 25.0 Å². The van der Waals surface area contributed by atoms with Crippen LogP contribution in [0.15, 0.2) is 23.7 Å². The molecule has 2 aliphatic heterocycles. The fourth-order valence-corrected chi connectivity index (χ4v) is 4.49. The zero-order valence-corrected chi connectivity index (χ0v) is 19.4. The number of ketones is 1. The Kier molecular flexibility index (Phi) is 7.37. The molecule has 2 amide bonds. The predicted molar refractivity (Wildman–Crippen MR) is 120 cm³/mol. The van der Waals surface area contributed by atoms with E-state index in [9.17, 15) is 14.4 Å². The van der Waals surface area contributed by atoms with Gasteiger partial charge < -0.3 is 14.4 Å². The number of halogens is 2. The van der Waals surface area contributed by atoms with Gasteiger partial charge in [-0.15, -0.1) is 11.3 Å². The van der Waals surface area contributed by atoms with Crippen LogP contribution >= 0.6 is 11.3 Å². The van der Waals surface area contributed by atoms with E-state index >= 15 is 8.78 Å². The maximum atomic E-state index is 15.0. The van der Waals surface area contributed by atoms with E-state index in [1.54, 1.807) is 11.6 Å². The largest absolute Gasteiger partial charge is 0.444 e. The van der Waals surface area contributed by atoms with Crippen molar-refractivity contribution in [1.29, 1.82) is 0 Å². The monoisotopic (exact) mass is 494 g/mol. The topological polar surface area (TPSA) is 92.3 Å². The molecule has 0 radical (unpaired) electrons. The summed E-state index contributed by atoms with van der Waals surface area (Å²) in [6.45, 7) is 2.09. The van der Waals surface area contributed by atoms with E-state index in [0.717, 1.165) is 17.0 Å². The number of rotatable bonds is 7. The second-order valence-electron chi connectivity index (χ2n) is 8.03. The first kappa shape index (κ1) is 24.0. The fourth-order valence-electron chi connectivity index (χ4n) is 3.88. The number of thiazole rings is 1. The van der Waals surface area contributed by atoms with Crippen LogP contribution in [0, 0.1) is 11.6 Å². The molecule has 2 aliphatic rings. The standard InChI is InChI=1S/C22H24F2N4O5S/c1-14(29)2-3-16-13-27(22(31)33-16)15-10-17(23)21(18(24)11-15)26-5-6-28(32-8-7-26)20(30)12-19-25-4-9-34-19/h4,9-11,16H,2-3,5-8,12-13H2,1H3/t16-/m0/s1.